The fourth-order valence-electron chi connectivity index (χ4n) is 3.86. The predicted octanol–water partition coefficient (Wildman–Crippen LogP) is 4.12. The standard InChI is InChI=1S/C15H20IN/c16-14-3-1-2-12(8-14)15(17)9-13-7-10-4-5-11(13)6-10/h1-3,8,10-11,13,15H,4-7,9,17H2. The molecule has 0 aliphatic heterocycles. The van der Waals surface area contributed by atoms with Gasteiger partial charge in [-0.1, -0.05) is 18.6 Å². The molecule has 1 aromatic carbocycles. The van der Waals surface area contributed by atoms with E-state index in [1.807, 2.05) is 0 Å². The van der Waals surface area contributed by atoms with Crippen LogP contribution in [0.3, 0.4) is 0 Å². The molecule has 17 heavy (non-hydrogen) atoms. The maximum absolute atomic E-state index is 6.37. The Morgan fingerprint density at radius 1 is 1.29 bits per heavy atom. The number of fused-ring (bicyclic) bond motifs is 2. The first kappa shape index (κ1) is 12.0. The number of halogens is 1. The molecule has 1 nitrogen and oxygen atoms in total. The van der Waals surface area contributed by atoms with Crippen molar-refractivity contribution in [3.05, 3.63) is 33.4 Å². The molecule has 0 amide bonds. The molecule has 1 aromatic rings. The van der Waals surface area contributed by atoms with E-state index >= 15 is 0 Å². The van der Waals surface area contributed by atoms with Crippen LogP contribution >= 0.6 is 22.6 Å². The average molecular weight is 341 g/mol. The van der Waals surface area contributed by atoms with Crippen molar-refractivity contribution in [3.8, 4) is 0 Å². The molecule has 0 heterocycles. The van der Waals surface area contributed by atoms with Crippen LogP contribution in [-0.4, -0.2) is 0 Å². The summed E-state index contributed by atoms with van der Waals surface area (Å²) in [7, 11) is 0. The summed E-state index contributed by atoms with van der Waals surface area (Å²) in [5.41, 5.74) is 7.69. The quantitative estimate of drug-likeness (QED) is 0.823. The number of hydrogen-bond donors (Lipinski definition) is 1. The summed E-state index contributed by atoms with van der Waals surface area (Å²) in [6.45, 7) is 0. The van der Waals surface area contributed by atoms with Gasteiger partial charge in [0.05, 0.1) is 0 Å². The maximum atomic E-state index is 6.37. The van der Waals surface area contributed by atoms with Gasteiger partial charge < -0.3 is 5.73 Å². The zero-order valence-electron chi connectivity index (χ0n) is 10.1. The van der Waals surface area contributed by atoms with Crippen molar-refractivity contribution in [2.45, 2.75) is 38.1 Å². The largest absolute Gasteiger partial charge is 0.324 e. The van der Waals surface area contributed by atoms with Crippen molar-refractivity contribution in [1.82, 2.24) is 0 Å². The van der Waals surface area contributed by atoms with Crippen molar-refractivity contribution in [2.75, 3.05) is 0 Å². The lowest BCUT2D eigenvalue weighted by molar-refractivity contribution is 0.296. The molecule has 2 bridgehead atoms. The van der Waals surface area contributed by atoms with E-state index in [9.17, 15) is 0 Å². The zero-order valence-corrected chi connectivity index (χ0v) is 12.3. The third kappa shape index (κ3) is 2.53. The summed E-state index contributed by atoms with van der Waals surface area (Å²) in [5, 5.41) is 0. The van der Waals surface area contributed by atoms with Crippen molar-refractivity contribution < 1.29 is 0 Å². The highest BCUT2D eigenvalue weighted by Crippen LogP contribution is 2.50. The normalized spacial score (nSPS) is 32.9. The Morgan fingerprint density at radius 2 is 2.18 bits per heavy atom. The van der Waals surface area contributed by atoms with E-state index in [1.165, 1.54) is 41.2 Å². The predicted molar refractivity (Wildman–Crippen MR) is 79.6 cm³/mol. The summed E-state index contributed by atoms with van der Waals surface area (Å²) < 4.78 is 1.29. The SMILES string of the molecule is NC(CC1CC2CCC1C2)c1cccc(I)c1. The van der Waals surface area contributed by atoms with Gasteiger partial charge in [-0.2, -0.15) is 0 Å². The molecule has 2 N–H and O–H groups in total. The van der Waals surface area contributed by atoms with Gasteiger partial charge in [0.25, 0.3) is 0 Å². The second-order valence-electron chi connectivity index (χ2n) is 5.83. The molecule has 2 fully saturated rings. The Hall–Kier alpha value is -0.0900. The van der Waals surface area contributed by atoms with E-state index in [0.717, 1.165) is 17.8 Å². The van der Waals surface area contributed by atoms with Crippen LogP contribution in [0.5, 0.6) is 0 Å². The summed E-state index contributed by atoms with van der Waals surface area (Å²) in [6, 6.07) is 8.92. The molecule has 2 heteroatoms. The Morgan fingerprint density at radius 3 is 2.82 bits per heavy atom. The highest BCUT2D eigenvalue weighted by atomic mass is 127. The van der Waals surface area contributed by atoms with Crippen molar-refractivity contribution in [3.63, 3.8) is 0 Å². The number of rotatable bonds is 3. The average Bonchev–Trinajstić information content (AvgIpc) is 2.91. The lowest BCUT2D eigenvalue weighted by Gasteiger charge is -2.25. The molecule has 2 aliphatic rings. The summed E-state index contributed by atoms with van der Waals surface area (Å²) in [4.78, 5) is 0. The molecule has 4 unspecified atom stereocenters. The minimum Gasteiger partial charge on any atom is -0.324 e. The third-order valence-corrected chi connectivity index (χ3v) is 5.39. The van der Waals surface area contributed by atoms with E-state index in [4.69, 9.17) is 5.73 Å². The Balaban J connectivity index is 1.65. The first-order chi connectivity index (χ1) is 8.22. The molecule has 92 valence electrons. The van der Waals surface area contributed by atoms with Crippen LogP contribution in [0.2, 0.25) is 0 Å². The molecular weight excluding hydrogens is 321 g/mol. The van der Waals surface area contributed by atoms with Gasteiger partial charge in [0.15, 0.2) is 0 Å². The lowest BCUT2D eigenvalue weighted by atomic mass is 9.83. The molecular formula is C15H20IN. The van der Waals surface area contributed by atoms with Crippen LogP contribution < -0.4 is 5.73 Å². The van der Waals surface area contributed by atoms with Crippen LogP contribution in [0.1, 0.15) is 43.7 Å². The molecule has 0 spiro atoms. The lowest BCUT2D eigenvalue weighted by Crippen LogP contribution is -2.19. The number of benzene rings is 1. The summed E-state index contributed by atoms with van der Waals surface area (Å²) in [5.74, 6) is 2.93. The minimum absolute atomic E-state index is 0.245. The smallest absolute Gasteiger partial charge is 0.0297 e. The first-order valence-electron chi connectivity index (χ1n) is 6.73. The van der Waals surface area contributed by atoms with Crippen LogP contribution in [0.25, 0.3) is 0 Å². The van der Waals surface area contributed by atoms with Crippen LogP contribution in [0, 0.1) is 21.3 Å². The van der Waals surface area contributed by atoms with E-state index in [1.54, 1.807) is 0 Å². The van der Waals surface area contributed by atoms with E-state index in [2.05, 4.69) is 46.9 Å². The highest BCUT2D eigenvalue weighted by molar-refractivity contribution is 14.1. The van der Waals surface area contributed by atoms with Gasteiger partial charge in [0.1, 0.15) is 0 Å². The second kappa shape index (κ2) is 4.88. The monoisotopic (exact) mass is 341 g/mol. The van der Waals surface area contributed by atoms with Crippen LogP contribution in [0.15, 0.2) is 24.3 Å². The zero-order chi connectivity index (χ0) is 11.8. The van der Waals surface area contributed by atoms with Gasteiger partial charge in [0, 0.05) is 9.61 Å². The maximum Gasteiger partial charge on any atom is 0.0297 e. The first-order valence-corrected chi connectivity index (χ1v) is 7.81. The topological polar surface area (TPSA) is 26.0 Å². The summed E-state index contributed by atoms with van der Waals surface area (Å²) in [6.07, 6.45) is 7.08. The van der Waals surface area contributed by atoms with Crippen molar-refractivity contribution in [2.24, 2.45) is 23.5 Å². The van der Waals surface area contributed by atoms with Crippen molar-refractivity contribution >= 4 is 22.6 Å². The van der Waals surface area contributed by atoms with Gasteiger partial charge in [-0.05, 0) is 83.7 Å². The molecule has 0 aromatic heterocycles. The van der Waals surface area contributed by atoms with Gasteiger partial charge in [-0.25, -0.2) is 0 Å². The molecule has 2 aliphatic carbocycles. The Labute approximate surface area is 117 Å². The third-order valence-electron chi connectivity index (χ3n) is 4.72. The number of nitrogens with two attached hydrogens (primary N) is 1. The van der Waals surface area contributed by atoms with Crippen molar-refractivity contribution in [1.29, 1.82) is 0 Å². The second-order valence-corrected chi connectivity index (χ2v) is 7.08. The summed E-state index contributed by atoms with van der Waals surface area (Å²) >= 11 is 2.37. The minimum atomic E-state index is 0.245. The molecule has 0 saturated heterocycles. The molecule has 0 radical (unpaired) electrons. The number of hydrogen-bond acceptors (Lipinski definition) is 1. The van der Waals surface area contributed by atoms with Gasteiger partial charge in [-0.3, -0.25) is 0 Å². The van der Waals surface area contributed by atoms with Gasteiger partial charge in [0.2, 0.25) is 0 Å². The van der Waals surface area contributed by atoms with Gasteiger partial charge in [-0.15, -0.1) is 0 Å². The van der Waals surface area contributed by atoms with E-state index in [-0.39, 0.29) is 6.04 Å². The molecule has 3 rings (SSSR count). The van der Waals surface area contributed by atoms with Crippen LogP contribution in [-0.2, 0) is 0 Å². The highest BCUT2D eigenvalue weighted by Gasteiger charge is 2.39. The fourth-order valence-corrected chi connectivity index (χ4v) is 4.43. The van der Waals surface area contributed by atoms with Crippen LogP contribution in [0.4, 0.5) is 0 Å². The Kier molecular flexibility index (Phi) is 3.44. The van der Waals surface area contributed by atoms with Gasteiger partial charge >= 0.3 is 0 Å². The molecule has 4 atom stereocenters. The van der Waals surface area contributed by atoms with E-state index in [0.29, 0.717) is 0 Å². The fraction of sp³-hybridized carbons (Fsp3) is 0.600. The molecule has 2 saturated carbocycles. The van der Waals surface area contributed by atoms with E-state index < -0.39 is 0 Å². The Bertz CT molecular complexity index is 404.